The zero-order chi connectivity index (χ0) is 16.8. The summed E-state index contributed by atoms with van der Waals surface area (Å²) in [5.41, 5.74) is 1.12. The number of amides is 1. The van der Waals surface area contributed by atoms with Crippen molar-refractivity contribution in [2.75, 3.05) is 19.7 Å². The second-order valence-corrected chi connectivity index (χ2v) is 6.36. The number of carbonyl (C=O) groups excluding carboxylic acids is 2. The van der Waals surface area contributed by atoms with Gasteiger partial charge in [0.2, 0.25) is 0 Å². The van der Waals surface area contributed by atoms with Crippen LogP contribution in [0.2, 0.25) is 0 Å². The molecule has 1 saturated heterocycles. The summed E-state index contributed by atoms with van der Waals surface area (Å²) in [7, 11) is 0. The summed E-state index contributed by atoms with van der Waals surface area (Å²) in [6.07, 6.45) is 1.36. The largest absolute Gasteiger partial charge is 0.452 e. The third-order valence-corrected chi connectivity index (χ3v) is 3.99. The van der Waals surface area contributed by atoms with E-state index in [2.05, 4.69) is 13.8 Å². The zero-order valence-electron chi connectivity index (χ0n) is 13.6. The Morgan fingerprint density at radius 2 is 2.00 bits per heavy atom. The molecule has 23 heavy (non-hydrogen) atoms. The second kappa shape index (κ2) is 7.77. The van der Waals surface area contributed by atoms with Gasteiger partial charge in [-0.15, -0.1) is 0 Å². The van der Waals surface area contributed by atoms with Gasteiger partial charge in [-0.05, 0) is 36.0 Å². The van der Waals surface area contributed by atoms with Crippen molar-refractivity contribution < 1.29 is 14.3 Å². The molecule has 0 saturated carbocycles. The molecular formula is C18H22N2O3. The van der Waals surface area contributed by atoms with Crippen molar-refractivity contribution in [3.63, 3.8) is 0 Å². The van der Waals surface area contributed by atoms with Crippen molar-refractivity contribution in [3.05, 3.63) is 35.4 Å². The molecule has 1 aromatic carbocycles. The van der Waals surface area contributed by atoms with Crippen LogP contribution >= 0.6 is 0 Å². The lowest BCUT2D eigenvalue weighted by Crippen LogP contribution is -2.44. The SMILES string of the molecule is C[C@@H]1C[C@@H](C)CN(C(=O)COC(=O)c2cccc(CC#N)c2)C1. The number of piperidine rings is 1. The Morgan fingerprint density at radius 1 is 1.30 bits per heavy atom. The summed E-state index contributed by atoms with van der Waals surface area (Å²) in [5.74, 6) is 0.267. The van der Waals surface area contributed by atoms with Crippen molar-refractivity contribution in [3.8, 4) is 6.07 Å². The first-order valence-corrected chi connectivity index (χ1v) is 7.90. The summed E-state index contributed by atoms with van der Waals surface area (Å²) in [6.45, 7) is 5.46. The van der Waals surface area contributed by atoms with Crippen molar-refractivity contribution >= 4 is 11.9 Å². The predicted molar refractivity (Wildman–Crippen MR) is 85.6 cm³/mol. The van der Waals surface area contributed by atoms with Gasteiger partial charge in [0.25, 0.3) is 5.91 Å². The second-order valence-electron chi connectivity index (χ2n) is 6.36. The predicted octanol–water partition coefficient (Wildman–Crippen LogP) is 2.41. The Morgan fingerprint density at radius 3 is 2.65 bits per heavy atom. The maximum atomic E-state index is 12.2. The summed E-state index contributed by atoms with van der Waals surface area (Å²) in [4.78, 5) is 26.0. The summed E-state index contributed by atoms with van der Waals surface area (Å²) < 4.78 is 5.13. The fraction of sp³-hybridized carbons (Fsp3) is 0.500. The van der Waals surface area contributed by atoms with Crippen LogP contribution in [0, 0.1) is 23.2 Å². The van der Waals surface area contributed by atoms with Gasteiger partial charge in [0, 0.05) is 13.1 Å². The standard InChI is InChI=1S/C18H22N2O3/c1-13-8-14(2)11-20(10-13)17(21)12-23-18(22)16-5-3-4-15(9-16)6-7-19/h3-5,9,13-14H,6,8,10-12H2,1-2H3/t13-,14-/m1/s1. The van der Waals surface area contributed by atoms with Crippen molar-refractivity contribution in [1.82, 2.24) is 4.90 Å². The molecule has 0 aliphatic carbocycles. The van der Waals surface area contributed by atoms with Crippen LogP contribution in [0.4, 0.5) is 0 Å². The van der Waals surface area contributed by atoms with Gasteiger partial charge in [0.05, 0.1) is 18.1 Å². The molecule has 1 aliphatic rings. The molecule has 1 aliphatic heterocycles. The lowest BCUT2D eigenvalue weighted by atomic mass is 9.92. The van der Waals surface area contributed by atoms with E-state index in [1.165, 1.54) is 0 Å². The van der Waals surface area contributed by atoms with Crippen LogP contribution < -0.4 is 0 Å². The normalized spacial score (nSPS) is 20.7. The summed E-state index contributed by atoms with van der Waals surface area (Å²) >= 11 is 0. The van der Waals surface area contributed by atoms with E-state index in [0.29, 0.717) is 17.4 Å². The van der Waals surface area contributed by atoms with Crippen LogP contribution in [0.1, 0.15) is 36.2 Å². The highest BCUT2D eigenvalue weighted by atomic mass is 16.5. The van der Waals surface area contributed by atoms with Gasteiger partial charge in [-0.3, -0.25) is 4.79 Å². The van der Waals surface area contributed by atoms with E-state index in [9.17, 15) is 9.59 Å². The minimum atomic E-state index is -0.531. The third kappa shape index (κ3) is 4.82. The van der Waals surface area contributed by atoms with Crippen LogP contribution in [0.3, 0.4) is 0 Å². The fourth-order valence-electron chi connectivity index (χ4n) is 3.07. The number of esters is 1. The molecule has 1 heterocycles. The van der Waals surface area contributed by atoms with Crippen LogP contribution in [-0.4, -0.2) is 36.5 Å². The number of nitriles is 1. The Bertz CT molecular complexity index is 611. The average molecular weight is 314 g/mol. The molecule has 1 fully saturated rings. The number of likely N-dealkylation sites (tertiary alicyclic amines) is 1. The van der Waals surface area contributed by atoms with Crippen LogP contribution in [0.15, 0.2) is 24.3 Å². The van der Waals surface area contributed by atoms with Gasteiger partial charge in [-0.1, -0.05) is 26.0 Å². The first-order chi connectivity index (χ1) is 11.0. The van der Waals surface area contributed by atoms with E-state index in [4.69, 9.17) is 10.00 Å². The lowest BCUT2D eigenvalue weighted by Gasteiger charge is -2.34. The third-order valence-electron chi connectivity index (χ3n) is 3.99. The van der Waals surface area contributed by atoms with E-state index >= 15 is 0 Å². The Kier molecular flexibility index (Phi) is 5.75. The molecule has 5 nitrogen and oxygen atoms in total. The number of hydrogen-bond acceptors (Lipinski definition) is 4. The van der Waals surface area contributed by atoms with E-state index in [1.807, 2.05) is 6.07 Å². The first kappa shape index (κ1) is 17.0. The van der Waals surface area contributed by atoms with Gasteiger partial charge in [0.15, 0.2) is 6.61 Å². The summed E-state index contributed by atoms with van der Waals surface area (Å²) in [6, 6.07) is 8.78. The molecule has 0 radical (unpaired) electrons. The van der Waals surface area contributed by atoms with E-state index in [-0.39, 0.29) is 18.9 Å². The molecule has 2 rings (SSSR count). The number of carbonyl (C=O) groups is 2. The van der Waals surface area contributed by atoms with Gasteiger partial charge in [0.1, 0.15) is 0 Å². The van der Waals surface area contributed by atoms with Crippen molar-refractivity contribution in [2.24, 2.45) is 11.8 Å². The number of ether oxygens (including phenoxy) is 1. The average Bonchev–Trinajstić information content (AvgIpc) is 2.52. The quantitative estimate of drug-likeness (QED) is 0.800. The molecule has 2 atom stereocenters. The number of rotatable bonds is 4. The monoisotopic (exact) mass is 314 g/mol. The highest BCUT2D eigenvalue weighted by molar-refractivity contribution is 5.91. The van der Waals surface area contributed by atoms with Crippen molar-refractivity contribution in [1.29, 1.82) is 5.26 Å². The molecule has 1 amide bonds. The number of benzene rings is 1. The van der Waals surface area contributed by atoms with E-state index in [0.717, 1.165) is 25.1 Å². The molecule has 0 aromatic heterocycles. The van der Waals surface area contributed by atoms with E-state index in [1.54, 1.807) is 29.2 Å². The van der Waals surface area contributed by atoms with Crippen LogP contribution in [0.5, 0.6) is 0 Å². The minimum Gasteiger partial charge on any atom is -0.452 e. The maximum absolute atomic E-state index is 12.2. The maximum Gasteiger partial charge on any atom is 0.338 e. The Balaban J connectivity index is 1.90. The fourth-order valence-corrected chi connectivity index (χ4v) is 3.07. The number of hydrogen-bond donors (Lipinski definition) is 0. The molecule has 0 bridgehead atoms. The first-order valence-electron chi connectivity index (χ1n) is 7.90. The molecule has 0 unspecified atom stereocenters. The zero-order valence-corrected chi connectivity index (χ0v) is 13.6. The summed E-state index contributed by atoms with van der Waals surface area (Å²) in [5, 5.41) is 8.70. The topological polar surface area (TPSA) is 70.4 Å². The van der Waals surface area contributed by atoms with Gasteiger partial charge in [-0.25, -0.2) is 4.79 Å². The minimum absolute atomic E-state index is 0.148. The lowest BCUT2D eigenvalue weighted by molar-refractivity contribution is -0.137. The number of nitrogens with zero attached hydrogens (tertiary/aromatic N) is 2. The molecule has 0 spiro atoms. The highest BCUT2D eigenvalue weighted by Crippen LogP contribution is 2.21. The van der Waals surface area contributed by atoms with Gasteiger partial charge >= 0.3 is 5.97 Å². The molecule has 0 N–H and O–H groups in total. The molecule has 5 heteroatoms. The Hall–Kier alpha value is -2.35. The smallest absolute Gasteiger partial charge is 0.338 e. The highest BCUT2D eigenvalue weighted by Gasteiger charge is 2.26. The van der Waals surface area contributed by atoms with Gasteiger partial charge in [-0.2, -0.15) is 5.26 Å². The van der Waals surface area contributed by atoms with Crippen LogP contribution in [0.25, 0.3) is 0 Å². The van der Waals surface area contributed by atoms with E-state index < -0.39 is 5.97 Å². The molecule has 1 aromatic rings. The molecular weight excluding hydrogens is 292 g/mol. The van der Waals surface area contributed by atoms with Crippen LogP contribution in [-0.2, 0) is 16.0 Å². The Labute approximate surface area is 136 Å². The van der Waals surface area contributed by atoms with Gasteiger partial charge < -0.3 is 9.64 Å². The molecule has 122 valence electrons. The van der Waals surface area contributed by atoms with Crippen molar-refractivity contribution in [2.45, 2.75) is 26.7 Å².